The highest BCUT2D eigenvalue weighted by Crippen LogP contribution is 2.47. The summed E-state index contributed by atoms with van der Waals surface area (Å²) in [5.74, 6) is -0.803. The Hall–Kier alpha value is -3.84. The predicted octanol–water partition coefficient (Wildman–Crippen LogP) is 3.45. The number of fused-ring (bicyclic) bond motifs is 1. The van der Waals surface area contributed by atoms with Gasteiger partial charge in [0.1, 0.15) is 17.4 Å². The number of ether oxygens (including phenoxy) is 1. The SMILES string of the molecule is COc1cccc(N2C(=O)[C@H]3[C@@H](c4ccc(O)cc4)N(c4ccccc4)O[C@H]3C2=O)c1. The van der Waals surface area contributed by atoms with Crippen molar-refractivity contribution in [1.29, 1.82) is 0 Å². The molecule has 0 aromatic heterocycles. The average Bonchev–Trinajstić information content (AvgIpc) is 3.31. The van der Waals surface area contributed by atoms with Gasteiger partial charge in [0, 0.05) is 6.07 Å². The van der Waals surface area contributed by atoms with Crippen LogP contribution in [0.4, 0.5) is 11.4 Å². The van der Waals surface area contributed by atoms with E-state index in [1.165, 1.54) is 12.0 Å². The highest BCUT2D eigenvalue weighted by molar-refractivity contribution is 6.24. The minimum atomic E-state index is -0.947. The molecule has 3 atom stereocenters. The van der Waals surface area contributed by atoms with Crippen molar-refractivity contribution >= 4 is 23.2 Å². The van der Waals surface area contributed by atoms with Gasteiger partial charge in [0.25, 0.3) is 5.91 Å². The molecule has 2 amide bonds. The van der Waals surface area contributed by atoms with Crippen LogP contribution in [0.25, 0.3) is 0 Å². The molecule has 156 valence electrons. The number of hydroxylamine groups is 1. The molecule has 2 heterocycles. The summed E-state index contributed by atoms with van der Waals surface area (Å²) in [5, 5.41) is 11.3. The van der Waals surface area contributed by atoms with Crippen LogP contribution < -0.4 is 14.7 Å². The van der Waals surface area contributed by atoms with Crippen LogP contribution in [-0.4, -0.2) is 30.1 Å². The lowest BCUT2D eigenvalue weighted by Gasteiger charge is -2.28. The van der Waals surface area contributed by atoms with E-state index < -0.39 is 24.0 Å². The van der Waals surface area contributed by atoms with Gasteiger partial charge in [-0.25, -0.2) is 9.96 Å². The summed E-state index contributed by atoms with van der Waals surface area (Å²) in [7, 11) is 1.53. The molecular formula is C24H20N2O5. The Balaban J connectivity index is 1.57. The van der Waals surface area contributed by atoms with Gasteiger partial charge in [0.15, 0.2) is 6.10 Å². The van der Waals surface area contributed by atoms with Crippen LogP contribution in [0, 0.1) is 5.92 Å². The van der Waals surface area contributed by atoms with E-state index >= 15 is 0 Å². The third kappa shape index (κ3) is 3.10. The minimum absolute atomic E-state index is 0.123. The zero-order valence-electron chi connectivity index (χ0n) is 16.7. The standard InChI is InChI=1S/C24H20N2O5/c1-30-19-9-5-8-17(14-19)25-23(28)20-21(15-10-12-18(27)13-11-15)26(31-22(20)24(25)29)16-6-3-2-4-7-16/h2-14,20-22,27H,1H3/t20-,21+,22+/m0/s1. The molecule has 31 heavy (non-hydrogen) atoms. The van der Waals surface area contributed by atoms with Crippen LogP contribution in [0.1, 0.15) is 11.6 Å². The van der Waals surface area contributed by atoms with Gasteiger partial charge in [-0.3, -0.25) is 14.4 Å². The van der Waals surface area contributed by atoms with Gasteiger partial charge in [0.2, 0.25) is 5.91 Å². The van der Waals surface area contributed by atoms with Gasteiger partial charge < -0.3 is 9.84 Å². The quantitative estimate of drug-likeness (QED) is 0.657. The molecule has 2 fully saturated rings. The Morgan fingerprint density at radius 3 is 2.29 bits per heavy atom. The first-order valence-electron chi connectivity index (χ1n) is 9.90. The number of rotatable bonds is 4. The average molecular weight is 416 g/mol. The molecule has 5 rings (SSSR count). The summed E-state index contributed by atoms with van der Waals surface area (Å²) < 4.78 is 5.24. The third-order valence-corrected chi connectivity index (χ3v) is 5.67. The van der Waals surface area contributed by atoms with Crippen molar-refractivity contribution in [1.82, 2.24) is 0 Å². The topological polar surface area (TPSA) is 79.3 Å². The molecule has 1 N–H and O–H groups in total. The molecule has 3 aromatic carbocycles. The van der Waals surface area contributed by atoms with Crippen molar-refractivity contribution in [2.75, 3.05) is 17.1 Å². The van der Waals surface area contributed by atoms with Gasteiger partial charge in [-0.2, -0.15) is 0 Å². The molecule has 0 spiro atoms. The number of methoxy groups -OCH3 is 1. The molecule has 2 aliphatic heterocycles. The van der Waals surface area contributed by atoms with E-state index in [-0.39, 0.29) is 11.7 Å². The number of anilines is 2. The summed E-state index contributed by atoms with van der Waals surface area (Å²) in [6.07, 6.45) is -0.947. The van der Waals surface area contributed by atoms with E-state index in [9.17, 15) is 14.7 Å². The summed E-state index contributed by atoms with van der Waals surface area (Å²) in [4.78, 5) is 34.1. The minimum Gasteiger partial charge on any atom is -0.508 e. The molecule has 0 saturated carbocycles. The molecule has 0 aliphatic carbocycles. The maximum atomic E-state index is 13.5. The second kappa shape index (κ2) is 7.45. The monoisotopic (exact) mass is 416 g/mol. The Labute approximate surface area is 179 Å². The second-order valence-corrected chi connectivity index (χ2v) is 7.46. The maximum absolute atomic E-state index is 13.5. The van der Waals surface area contributed by atoms with Crippen molar-refractivity contribution in [3.05, 3.63) is 84.4 Å². The fraction of sp³-hybridized carbons (Fsp3) is 0.167. The van der Waals surface area contributed by atoms with Crippen LogP contribution >= 0.6 is 0 Å². The summed E-state index contributed by atoms with van der Waals surface area (Å²) in [5.41, 5.74) is 1.95. The van der Waals surface area contributed by atoms with Gasteiger partial charge >= 0.3 is 0 Å². The first-order valence-corrected chi connectivity index (χ1v) is 9.90. The van der Waals surface area contributed by atoms with Crippen molar-refractivity contribution < 1.29 is 24.3 Å². The number of phenolic OH excluding ortho intramolecular Hbond substituents is 1. The number of hydrogen-bond acceptors (Lipinski definition) is 6. The first kappa shape index (κ1) is 19.1. The smallest absolute Gasteiger partial charge is 0.266 e. The lowest BCUT2D eigenvalue weighted by atomic mass is 9.90. The van der Waals surface area contributed by atoms with Gasteiger partial charge in [-0.05, 0) is 42.0 Å². The number of imide groups is 1. The van der Waals surface area contributed by atoms with Gasteiger partial charge in [-0.1, -0.05) is 36.4 Å². The van der Waals surface area contributed by atoms with Crippen LogP contribution in [0.5, 0.6) is 11.5 Å². The number of carbonyl (C=O) groups is 2. The van der Waals surface area contributed by atoms with Crippen LogP contribution in [-0.2, 0) is 14.4 Å². The molecular weight excluding hydrogens is 396 g/mol. The van der Waals surface area contributed by atoms with Crippen molar-refractivity contribution in [2.24, 2.45) is 5.92 Å². The fourth-order valence-electron chi connectivity index (χ4n) is 4.23. The van der Waals surface area contributed by atoms with E-state index in [0.717, 1.165) is 11.3 Å². The van der Waals surface area contributed by atoms with E-state index in [0.29, 0.717) is 11.4 Å². The lowest BCUT2D eigenvalue weighted by molar-refractivity contribution is -0.126. The highest BCUT2D eigenvalue weighted by atomic mass is 16.7. The Morgan fingerprint density at radius 2 is 1.58 bits per heavy atom. The van der Waals surface area contributed by atoms with E-state index in [1.54, 1.807) is 53.6 Å². The molecule has 0 unspecified atom stereocenters. The molecule has 0 bridgehead atoms. The van der Waals surface area contributed by atoms with E-state index in [4.69, 9.17) is 9.57 Å². The van der Waals surface area contributed by atoms with Crippen molar-refractivity contribution in [3.63, 3.8) is 0 Å². The molecule has 2 aliphatic rings. The maximum Gasteiger partial charge on any atom is 0.266 e. The van der Waals surface area contributed by atoms with Gasteiger partial charge in [0.05, 0.1) is 24.5 Å². The number of nitrogens with zero attached hydrogens (tertiary/aromatic N) is 2. The lowest BCUT2D eigenvalue weighted by Crippen LogP contribution is -2.37. The van der Waals surface area contributed by atoms with E-state index in [1.807, 2.05) is 30.3 Å². The highest BCUT2D eigenvalue weighted by Gasteiger charge is 2.60. The van der Waals surface area contributed by atoms with Crippen molar-refractivity contribution in [3.8, 4) is 11.5 Å². The molecule has 2 saturated heterocycles. The number of amides is 2. The van der Waals surface area contributed by atoms with Crippen LogP contribution in [0.3, 0.4) is 0 Å². The normalized spacial score (nSPS) is 22.7. The summed E-state index contributed by atoms with van der Waals surface area (Å²) in [6.45, 7) is 0. The molecule has 0 radical (unpaired) electrons. The Morgan fingerprint density at radius 1 is 0.871 bits per heavy atom. The largest absolute Gasteiger partial charge is 0.508 e. The zero-order chi connectivity index (χ0) is 21.5. The Kier molecular flexibility index (Phi) is 4.60. The van der Waals surface area contributed by atoms with E-state index in [2.05, 4.69) is 0 Å². The predicted molar refractivity (Wildman–Crippen MR) is 114 cm³/mol. The number of phenols is 1. The Bertz CT molecular complexity index is 1130. The summed E-state index contributed by atoms with van der Waals surface area (Å²) >= 11 is 0. The third-order valence-electron chi connectivity index (χ3n) is 5.67. The number of aromatic hydroxyl groups is 1. The number of hydrogen-bond donors (Lipinski definition) is 1. The molecule has 3 aromatic rings. The number of benzene rings is 3. The zero-order valence-corrected chi connectivity index (χ0v) is 16.7. The van der Waals surface area contributed by atoms with Crippen LogP contribution in [0.2, 0.25) is 0 Å². The number of carbonyl (C=O) groups excluding carboxylic acids is 2. The van der Waals surface area contributed by atoms with Crippen molar-refractivity contribution in [2.45, 2.75) is 12.1 Å². The second-order valence-electron chi connectivity index (χ2n) is 7.46. The molecule has 7 heteroatoms. The van der Waals surface area contributed by atoms with Gasteiger partial charge in [-0.15, -0.1) is 0 Å². The number of para-hydroxylation sites is 1. The fourth-order valence-corrected chi connectivity index (χ4v) is 4.23. The summed E-state index contributed by atoms with van der Waals surface area (Å²) in [6, 6.07) is 22.3. The van der Waals surface area contributed by atoms with Crippen LogP contribution in [0.15, 0.2) is 78.9 Å². The first-order chi connectivity index (χ1) is 15.1. The molecule has 7 nitrogen and oxygen atoms in total.